The van der Waals surface area contributed by atoms with Crippen molar-refractivity contribution in [3.63, 3.8) is 0 Å². The summed E-state index contributed by atoms with van der Waals surface area (Å²) in [6, 6.07) is 0. The van der Waals surface area contributed by atoms with Crippen LogP contribution in [0.3, 0.4) is 0 Å². The van der Waals surface area contributed by atoms with Crippen molar-refractivity contribution in [2.24, 2.45) is 16.3 Å². The van der Waals surface area contributed by atoms with E-state index in [9.17, 15) is 0 Å². The topological polar surface area (TPSA) is 89.1 Å². The van der Waals surface area contributed by atoms with E-state index >= 15 is 0 Å². The molecule has 1 atom stereocenters. The average Bonchev–Trinajstić information content (AvgIpc) is 2.31. The summed E-state index contributed by atoms with van der Waals surface area (Å²) < 4.78 is 10.2. The van der Waals surface area contributed by atoms with Crippen molar-refractivity contribution >= 4 is 5.84 Å². The molecular formula is C11H25N3O3. The summed E-state index contributed by atoms with van der Waals surface area (Å²) in [5.74, 6) is 0.250. The predicted molar refractivity (Wildman–Crippen MR) is 67.3 cm³/mol. The van der Waals surface area contributed by atoms with E-state index in [4.69, 9.17) is 20.4 Å². The highest BCUT2D eigenvalue weighted by Crippen LogP contribution is 2.19. The van der Waals surface area contributed by atoms with Gasteiger partial charge in [-0.1, -0.05) is 19.0 Å². The number of oxime groups is 1. The minimum absolute atomic E-state index is 0.0481. The van der Waals surface area contributed by atoms with Crippen LogP contribution in [0.15, 0.2) is 5.16 Å². The van der Waals surface area contributed by atoms with Gasteiger partial charge in [0.05, 0.1) is 12.7 Å². The van der Waals surface area contributed by atoms with Gasteiger partial charge in [-0.25, -0.2) is 0 Å². The minimum atomic E-state index is -0.314. The summed E-state index contributed by atoms with van der Waals surface area (Å²) >= 11 is 0. The fraction of sp³-hybridized carbons (Fsp3) is 0.909. The standard InChI is InChI=1S/C11H25N3O3/c1-11(2,10(12)14-15)5-6-13-7-9(17-4)8-16-3/h9,13,15H,5-8H2,1-4H3,(H2,12,14). The molecule has 0 radical (unpaired) electrons. The molecule has 0 saturated carbocycles. The quantitative estimate of drug-likeness (QED) is 0.180. The fourth-order valence-electron chi connectivity index (χ4n) is 1.32. The Kier molecular flexibility index (Phi) is 7.86. The molecule has 0 aromatic rings. The van der Waals surface area contributed by atoms with Crippen LogP contribution in [0.5, 0.6) is 0 Å². The van der Waals surface area contributed by atoms with E-state index < -0.39 is 0 Å². The first-order chi connectivity index (χ1) is 7.97. The molecule has 0 heterocycles. The second-order valence-electron chi connectivity index (χ2n) is 4.64. The molecule has 0 fully saturated rings. The summed E-state index contributed by atoms with van der Waals surface area (Å²) in [5.41, 5.74) is 5.28. The lowest BCUT2D eigenvalue weighted by molar-refractivity contribution is 0.0288. The third-order valence-corrected chi connectivity index (χ3v) is 2.79. The molecule has 6 heteroatoms. The largest absolute Gasteiger partial charge is 0.409 e. The van der Waals surface area contributed by atoms with E-state index in [0.29, 0.717) is 6.61 Å². The van der Waals surface area contributed by atoms with E-state index in [1.54, 1.807) is 14.2 Å². The normalized spacial score (nSPS) is 14.9. The van der Waals surface area contributed by atoms with Crippen molar-refractivity contribution in [1.82, 2.24) is 5.32 Å². The summed E-state index contributed by atoms with van der Waals surface area (Å²) in [4.78, 5) is 0. The molecule has 0 aliphatic carbocycles. The molecule has 17 heavy (non-hydrogen) atoms. The molecule has 0 rings (SSSR count). The van der Waals surface area contributed by atoms with Crippen molar-refractivity contribution in [3.8, 4) is 0 Å². The lowest BCUT2D eigenvalue weighted by atomic mass is 9.88. The van der Waals surface area contributed by atoms with Crippen molar-refractivity contribution in [2.75, 3.05) is 33.9 Å². The molecule has 6 nitrogen and oxygen atoms in total. The van der Waals surface area contributed by atoms with Gasteiger partial charge in [-0.15, -0.1) is 0 Å². The number of nitrogens with zero attached hydrogens (tertiary/aromatic N) is 1. The van der Waals surface area contributed by atoms with Crippen LogP contribution in [-0.4, -0.2) is 51.1 Å². The molecule has 0 saturated heterocycles. The maximum atomic E-state index is 8.63. The molecule has 4 N–H and O–H groups in total. The Morgan fingerprint density at radius 3 is 2.59 bits per heavy atom. The zero-order valence-corrected chi connectivity index (χ0v) is 11.2. The zero-order valence-electron chi connectivity index (χ0n) is 11.2. The summed E-state index contributed by atoms with van der Waals surface area (Å²) in [7, 11) is 3.30. The van der Waals surface area contributed by atoms with Crippen molar-refractivity contribution in [2.45, 2.75) is 26.4 Å². The third kappa shape index (κ3) is 6.45. The first kappa shape index (κ1) is 16.1. The number of amidine groups is 1. The number of ether oxygens (including phenoxy) is 2. The fourth-order valence-corrected chi connectivity index (χ4v) is 1.32. The van der Waals surface area contributed by atoms with Crippen molar-refractivity contribution < 1.29 is 14.7 Å². The first-order valence-electron chi connectivity index (χ1n) is 5.68. The molecule has 102 valence electrons. The monoisotopic (exact) mass is 247 g/mol. The number of nitrogens with one attached hydrogen (secondary N) is 1. The van der Waals surface area contributed by atoms with Crippen LogP contribution in [0.25, 0.3) is 0 Å². The summed E-state index contributed by atoms with van der Waals surface area (Å²) in [6.45, 7) is 5.93. The van der Waals surface area contributed by atoms with Gasteiger partial charge < -0.3 is 25.7 Å². The van der Waals surface area contributed by atoms with Gasteiger partial charge in [0, 0.05) is 26.2 Å². The van der Waals surface area contributed by atoms with Gasteiger partial charge in [0.25, 0.3) is 0 Å². The molecule has 0 aromatic carbocycles. The van der Waals surface area contributed by atoms with Crippen LogP contribution in [0, 0.1) is 5.41 Å². The van der Waals surface area contributed by atoms with Crippen molar-refractivity contribution in [3.05, 3.63) is 0 Å². The molecule has 0 aliphatic heterocycles. The summed E-state index contributed by atoms with van der Waals surface area (Å²) in [6.07, 6.45) is 0.832. The lowest BCUT2D eigenvalue weighted by Crippen LogP contribution is -2.37. The first-order valence-corrected chi connectivity index (χ1v) is 5.68. The Hall–Kier alpha value is -0.850. The van der Waals surface area contributed by atoms with Gasteiger partial charge >= 0.3 is 0 Å². The SMILES string of the molecule is COCC(CNCCC(C)(C)C(N)=NO)OC. The highest BCUT2D eigenvalue weighted by molar-refractivity contribution is 5.85. The Balaban J connectivity index is 3.84. The van der Waals surface area contributed by atoms with Crippen molar-refractivity contribution in [1.29, 1.82) is 0 Å². The summed E-state index contributed by atoms with van der Waals surface area (Å²) in [5, 5.41) is 14.9. The molecule has 1 unspecified atom stereocenters. The van der Waals surface area contributed by atoms with Gasteiger partial charge in [-0.2, -0.15) is 0 Å². The Morgan fingerprint density at radius 1 is 1.47 bits per heavy atom. The number of hydrogen-bond acceptors (Lipinski definition) is 5. The molecular weight excluding hydrogens is 222 g/mol. The van der Waals surface area contributed by atoms with Gasteiger partial charge in [-0.3, -0.25) is 0 Å². The van der Waals surface area contributed by atoms with Crippen LogP contribution >= 0.6 is 0 Å². The predicted octanol–water partition coefficient (Wildman–Crippen LogP) is 0.400. The van der Waals surface area contributed by atoms with Crippen LogP contribution in [-0.2, 0) is 9.47 Å². The maximum absolute atomic E-state index is 8.63. The maximum Gasteiger partial charge on any atom is 0.144 e. The molecule has 0 aliphatic rings. The van der Waals surface area contributed by atoms with Crippen LogP contribution in [0.2, 0.25) is 0 Å². The second kappa shape index (κ2) is 8.27. The van der Waals surface area contributed by atoms with Crippen LogP contribution in [0.4, 0.5) is 0 Å². The van der Waals surface area contributed by atoms with Crippen LogP contribution < -0.4 is 11.1 Å². The molecule has 0 amide bonds. The highest BCUT2D eigenvalue weighted by atomic mass is 16.5. The van der Waals surface area contributed by atoms with E-state index in [1.165, 1.54) is 0 Å². The average molecular weight is 247 g/mol. The number of methoxy groups -OCH3 is 2. The Bertz CT molecular complexity index is 232. The van der Waals surface area contributed by atoms with Gasteiger partial charge in [0.15, 0.2) is 0 Å². The highest BCUT2D eigenvalue weighted by Gasteiger charge is 2.22. The molecule has 0 aromatic heterocycles. The number of rotatable bonds is 9. The van der Waals surface area contributed by atoms with Gasteiger partial charge in [0.1, 0.15) is 5.84 Å². The number of hydrogen-bond donors (Lipinski definition) is 3. The van der Waals surface area contributed by atoms with Gasteiger partial charge in [-0.05, 0) is 13.0 Å². The number of nitrogens with two attached hydrogens (primary N) is 1. The van der Waals surface area contributed by atoms with E-state index in [2.05, 4.69) is 10.5 Å². The van der Waals surface area contributed by atoms with E-state index in [1.807, 2.05) is 13.8 Å². The van der Waals surface area contributed by atoms with E-state index in [0.717, 1.165) is 19.5 Å². The minimum Gasteiger partial charge on any atom is -0.409 e. The Labute approximate surface area is 103 Å². The van der Waals surface area contributed by atoms with Crippen LogP contribution in [0.1, 0.15) is 20.3 Å². The smallest absolute Gasteiger partial charge is 0.144 e. The Morgan fingerprint density at radius 2 is 2.12 bits per heavy atom. The van der Waals surface area contributed by atoms with Gasteiger partial charge in [0.2, 0.25) is 0 Å². The second-order valence-corrected chi connectivity index (χ2v) is 4.64. The lowest BCUT2D eigenvalue weighted by Gasteiger charge is -2.23. The molecule has 0 spiro atoms. The third-order valence-electron chi connectivity index (χ3n) is 2.79. The molecule has 0 bridgehead atoms. The van der Waals surface area contributed by atoms with E-state index in [-0.39, 0.29) is 17.4 Å². The zero-order chi connectivity index (χ0) is 13.3.